The van der Waals surface area contributed by atoms with E-state index in [0.29, 0.717) is 57.3 Å². The number of aromatic nitrogens is 2. The van der Waals surface area contributed by atoms with Gasteiger partial charge >= 0.3 is 0 Å². The number of aromatic amines is 1. The van der Waals surface area contributed by atoms with Crippen molar-refractivity contribution in [3.8, 4) is 0 Å². The molecule has 11 amide bonds. The second kappa shape index (κ2) is 40.3. The smallest absolute Gasteiger partial charge is 0.243 e. The molecule has 1 rings (SSSR count). The molecule has 0 aliphatic carbocycles. The van der Waals surface area contributed by atoms with E-state index >= 15 is 0 Å². The maximum Gasteiger partial charge on any atom is 0.243 e. The fourth-order valence-electron chi connectivity index (χ4n) is 8.32. The predicted molar refractivity (Wildman–Crippen MR) is 295 cm³/mol. The zero-order valence-corrected chi connectivity index (χ0v) is 47.7. The van der Waals surface area contributed by atoms with Crippen LogP contribution in [-0.2, 0) is 64.0 Å². The molecule has 1 heterocycles. The number of amides is 11. The van der Waals surface area contributed by atoms with Crippen molar-refractivity contribution in [2.45, 2.75) is 213 Å². The number of primary amides is 2. The number of H-pyrrole nitrogens is 1. The van der Waals surface area contributed by atoms with Crippen molar-refractivity contribution in [3.63, 3.8) is 0 Å². The van der Waals surface area contributed by atoms with E-state index in [2.05, 4.69) is 57.8 Å². The molecular weight excluding hydrogens is 1020 g/mol. The molecule has 1 aromatic heterocycles. The normalized spacial score (nSPS) is 13.4. The van der Waals surface area contributed by atoms with E-state index in [9.17, 15) is 57.5 Å². The maximum atomic E-state index is 14.2. The molecule has 0 fully saturated rings. The minimum atomic E-state index is -1.37. The summed E-state index contributed by atoms with van der Waals surface area (Å²) < 4.78 is 0. The molecule has 14 N–H and O–H groups in total. The lowest BCUT2D eigenvalue weighted by molar-refractivity contribution is -0.136. The Bertz CT molecular complexity index is 2090. The lowest BCUT2D eigenvalue weighted by Crippen LogP contribution is -2.60. The first-order chi connectivity index (χ1) is 37.4. The number of rotatable bonds is 44. The number of nitrogens with two attached hydrogens (primary N) is 2. The topological polar surface area (TPSA) is 394 Å². The molecule has 446 valence electrons. The largest absolute Gasteiger partial charge is 0.370 e. The summed E-state index contributed by atoms with van der Waals surface area (Å²) in [6.07, 6.45) is 11.0. The van der Waals surface area contributed by atoms with Crippen molar-refractivity contribution < 1.29 is 57.5 Å². The Labute approximate surface area is 465 Å². The van der Waals surface area contributed by atoms with Crippen LogP contribution in [0.2, 0.25) is 0 Å². The van der Waals surface area contributed by atoms with Gasteiger partial charge in [-0.1, -0.05) is 60.8 Å². The zero-order chi connectivity index (χ0) is 59.3. The van der Waals surface area contributed by atoms with E-state index < -0.39 is 89.4 Å². The van der Waals surface area contributed by atoms with Crippen LogP contribution in [0, 0.1) is 17.8 Å². The number of carbonyl (C=O) groups excluding carboxylic acids is 12. The monoisotopic (exact) mass is 1120 g/mol. The van der Waals surface area contributed by atoms with Crippen LogP contribution in [-0.4, -0.2) is 137 Å². The maximum absolute atomic E-state index is 14.2. The number of imidazole rings is 1. The fourth-order valence-corrected chi connectivity index (χ4v) is 8.32. The summed E-state index contributed by atoms with van der Waals surface area (Å²) in [5, 5.41) is 24.5. The molecule has 0 aromatic carbocycles. The second-order valence-electron chi connectivity index (χ2n) is 21.4. The van der Waals surface area contributed by atoms with Crippen LogP contribution >= 0.6 is 0 Å². The minimum absolute atomic E-state index is 0.000997. The number of nitrogens with zero attached hydrogens (tertiary/aromatic N) is 1. The van der Waals surface area contributed by atoms with Gasteiger partial charge in [0, 0.05) is 77.0 Å². The van der Waals surface area contributed by atoms with Crippen molar-refractivity contribution in [2.75, 3.05) is 19.6 Å². The van der Waals surface area contributed by atoms with Gasteiger partial charge < -0.3 is 69.1 Å². The second-order valence-corrected chi connectivity index (χ2v) is 21.4. The Hall–Kier alpha value is -6.95. The molecule has 0 saturated carbocycles. The van der Waals surface area contributed by atoms with Crippen LogP contribution in [0.4, 0.5) is 0 Å². The first-order valence-electron chi connectivity index (χ1n) is 28.0. The zero-order valence-electron chi connectivity index (χ0n) is 47.7. The Balaban J connectivity index is 3.00. The van der Waals surface area contributed by atoms with E-state index in [1.807, 2.05) is 41.5 Å². The van der Waals surface area contributed by atoms with Gasteiger partial charge in [0.15, 0.2) is 0 Å². The SMILES string of the molecule is CC(=O)N[C@@H](CCC(N)=O)C(=O)N[C@@H](Cc1cnc[nH]1)C(=O)N[C@@H](CC(C)C)C(=O)N[C@@H](CC(C)C)C(=O)N[C@@H](CCC(N)=O)C(=O)N[C@@H](CC(C)C)C(=O)NCCCCCC(=O)NCCCCCC(=O)NCCCCCC=O. The van der Waals surface area contributed by atoms with Crippen LogP contribution in [0.5, 0.6) is 0 Å². The van der Waals surface area contributed by atoms with E-state index in [1.54, 1.807) is 0 Å². The number of carbonyl (C=O) groups is 12. The average molecular weight is 1120 g/mol. The molecule has 0 aliphatic rings. The molecule has 25 nitrogen and oxygen atoms in total. The molecule has 0 saturated heterocycles. The van der Waals surface area contributed by atoms with Crippen molar-refractivity contribution in [3.05, 3.63) is 18.2 Å². The highest BCUT2D eigenvalue weighted by molar-refractivity contribution is 5.97. The number of hydrogen-bond donors (Lipinski definition) is 12. The van der Waals surface area contributed by atoms with Gasteiger partial charge in [0.1, 0.15) is 42.5 Å². The van der Waals surface area contributed by atoms with Crippen LogP contribution in [0.3, 0.4) is 0 Å². The van der Waals surface area contributed by atoms with E-state index in [1.165, 1.54) is 19.4 Å². The van der Waals surface area contributed by atoms with Crippen LogP contribution in [0.1, 0.15) is 176 Å². The molecule has 0 aliphatic heterocycles. The van der Waals surface area contributed by atoms with Gasteiger partial charge in [-0.05, 0) is 88.4 Å². The lowest BCUT2D eigenvalue weighted by Gasteiger charge is -2.29. The quantitative estimate of drug-likeness (QED) is 0.0318. The molecule has 79 heavy (non-hydrogen) atoms. The van der Waals surface area contributed by atoms with Gasteiger partial charge in [0.05, 0.1) is 6.33 Å². The first-order valence-corrected chi connectivity index (χ1v) is 28.0. The third-order valence-electron chi connectivity index (χ3n) is 12.4. The molecule has 1 aromatic rings. The van der Waals surface area contributed by atoms with E-state index in [4.69, 9.17) is 11.5 Å². The molecule has 6 atom stereocenters. The van der Waals surface area contributed by atoms with Crippen LogP contribution < -0.4 is 59.3 Å². The molecule has 25 heteroatoms. The highest BCUT2D eigenvalue weighted by Crippen LogP contribution is 2.13. The lowest BCUT2D eigenvalue weighted by atomic mass is 9.99. The van der Waals surface area contributed by atoms with Gasteiger partial charge in [-0.25, -0.2) is 4.98 Å². The highest BCUT2D eigenvalue weighted by Gasteiger charge is 2.34. The Kier molecular flexibility index (Phi) is 35.7. The summed E-state index contributed by atoms with van der Waals surface area (Å²) in [7, 11) is 0. The van der Waals surface area contributed by atoms with Crippen molar-refractivity contribution in [2.24, 2.45) is 29.2 Å². The summed E-state index contributed by atoms with van der Waals surface area (Å²) in [6, 6.07) is -7.44. The Morgan fingerprint density at radius 1 is 0.481 bits per heavy atom. The number of nitrogens with one attached hydrogen (secondary N) is 10. The molecule has 0 spiro atoms. The predicted octanol–water partition coefficient (Wildman–Crippen LogP) is 0.779. The minimum Gasteiger partial charge on any atom is -0.370 e. The number of hydrogen-bond acceptors (Lipinski definition) is 13. The fraction of sp³-hybridized carbons (Fsp3) is 0.722. The van der Waals surface area contributed by atoms with E-state index in [0.717, 1.165) is 44.8 Å². The van der Waals surface area contributed by atoms with Gasteiger partial charge in [-0.3, -0.25) is 52.7 Å². The first kappa shape index (κ1) is 70.1. The summed E-state index contributed by atoms with van der Waals surface area (Å²) in [5.74, 6) is -6.85. The Morgan fingerprint density at radius 2 is 0.861 bits per heavy atom. The molecule has 0 bridgehead atoms. The molecule has 0 radical (unpaired) electrons. The summed E-state index contributed by atoms with van der Waals surface area (Å²) in [5.41, 5.74) is 11.2. The van der Waals surface area contributed by atoms with E-state index in [-0.39, 0.29) is 87.5 Å². The Morgan fingerprint density at radius 3 is 1.27 bits per heavy atom. The standard InChI is InChI=1S/C54H93N13O12/c1-34(2)28-41(49(74)60-26-16-11-13-19-48(73)59-25-15-10-12-18-47(72)58-24-14-8-9-17-27-68)64-51(76)40(21-23-46(56)71)63-52(77)42(29-35(3)4)65-53(78)43(30-36(5)6)66-54(79)44(31-38-32-57-33-61-38)67-50(75)39(62-37(7)69)20-22-45(55)70/h27,32-36,39-44H,8-26,28-31H2,1-7H3,(H2,55,70)(H2,56,71)(H,57,61)(H,58,72)(H,59,73)(H,60,74)(H,62,69)(H,63,77)(H,64,76)(H,65,78)(H,66,79)(H,67,75)/t39-,40-,41-,42-,43-,44-/m0/s1. The summed E-state index contributed by atoms with van der Waals surface area (Å²) in [6.45, 7) is 13.5. The van der Waals surface area contributed by atoms with Crippen molar-refractivity contribution in [1.82, 2.24) is 57.8 Å². The van der Waals surface area contributed by atoms with Crippen molar-refractivity contribution in [1.29, 1.82) is 0 Å². The third kappa shape index (κ3) is 33.8. The number of unbranched alkanes of at least 4 members (excludes halogenated alkanes) is 7. The molecular formula is C54H93N13O12. The number of aldehydes is 1. The van der Waals surface area contributed by atoms with Gasteiger partial charge in [0.2, 0.25) is 65.0 Å². The van der Waals surface area contributed by atoms with Crippen LogP contribution in [0.15, 0.2) is 12.5 Å². The summed E-state index contributed by atoms with van der Waals surface area (Å²) in [4.78, 5) is 161. The van der Waals surface area contributed by atoms with Crippen molar-refractivity contribution >= 4 is 71.3 Å². The highest BCUT2D eigenvalue weighted by atomic mass is 16.2. The molecule has 0 unspecified atom stereocenters. The van der Waals surface area contributed by atoms with Crippen LogP contribution in [0.25, 0.3) is 0 Å². The van der Waals surface area contributed by atoms with Gasteiger partial charge in [0.25, 0.3) is 0 Å². The summed E-state index contributed by atoms with van der Waals surface area (Å²) >= 11 is 0. The van der Waals surface area contributed by atoms with Gasteiger partial charge in [-0.2, -0.15) is 0 Å². The third-order valence-corrected chi connectivity index (χ3v) is 12.4. The average Bonchev–Trinajstić information content (AvgIpc) is 3.88. The van der Waals surface area contributed by atoms with Gasteiger partial charge in [-0.15, -0.1) is 0 Å².